The summed E-state index contributed by atoms with van der Waals surface area (Å²) >= 11 is 0. The highest BCUT2D eigenvalue weighted by Crippen LogP contribution is 2.33. The van der Waals surface area contributed by atoms with E-state index < -0.39 is 29.0 Å². The van der Waals surface area contributed by atoms with Gasteiger partial charge < -0.3 is 0 Å². The summed E-state index contributed by atoms with van der Waals surface area (Å²) in [6.07, 6.45) is -4.05. The molecule has 1 aliphatic carbocycles. The van der Waals surface area contributed by atoms with Crippen molar-refractivity contribution in [3.05, 3.63) is 106 Å². The summed E-state index contributed by atoms with van der Waals surface area (Å²) in [7, 11) is 0. The Morgan fingerprint density at radius 3 is 2.25 bits per heavy atom. The van der Waals surface area contributed by atoms with E-state index in [4.69, 9.17) is 0 Å². The van der Waals surface area contributed by atoms with Gasteiger partial charge in [0.15, 0.2) is 0 Å². The monoisotopic (exact) mass is 499 g/mol. The van der Waals surface area contributed by atoms with Gasteiger partial charge in [0.25, 0.3) is 5.56 Å². The summed E-state index contributed by atoms with van der Waals surface area (Å²) in [5.74, 6) is 0. The van der Waals surface area contributed by atoms with Crippen molar-refractivity contribution < 1.29 is 26.3 Å². The average molecular weight is 499 g/mol. The first-order valence-corrected chi connectivity index (χ1v) is 10.6. The molecular formula is C26H15F6N3O. The number of pyridine rings is 2. The number of aromatic nitrogens is 2. The van der Waals surface area contributed by atoms with Crippen LogP contribution < -0.4 is 5.56 Å². The van der Waals surface area contributed by atoms with Crippen LogP contribution in [0.1, 0.15) is 22.4 Å². The molecule has 4 nitrogen and oxygen atoms in total. The third-order valence-electron chi connectivity index (χ3n) is 5.75. The summed E-state index contributed by atoms with van der Waals surface area (Å²) < 4.78 is 79.8. The highest BCUT2D eigenvalue weighted by atomic mass is 19.4. The zero-order valence-corrected chi connectivity index (χ0v) is 18.2. The topological polar surface area (TPSA) is 47.2 Å². The third kappa shape index (κ3) is 4.41. The fraction of sp³-hybridized carbons (Fsp3) is 0.115. The predicted octanol–water partition coefficient (Wildman–Crippen LogP) is 6.77. The van der Waals surface area contributed by atoms with Crippen LogP contribution in [-0.2, 0) is 18.8 Å². The number of hydrogen-bond acceptors (Lipinski definition) is 3. The molecule has 2 aromatic carbocycles. The van der Waals surface area contributed by atoms with Gasteiger partial charge in [-0.1, -0.05) is 6.07 Å². The Morgan fingerprint density at radius 2 is 1.56 bits per heavy atom. The molecule has 36 heavy (non-hydrogen) atoms. The first-order chi connectivity index (χ1) is 17.0. The molecule has 0 radical (unpaired) electrons. The lowest BCUT2D eigenvalue weighted by Crippen LogP contribution is -2.21. The number of aliphatic imine (C=N–C) groups is 1. The molecule has 0 bridgehead atoms. The van der Waals surface area contributed by atoms with E-state index in [2.05, 4.69) is 9.98 Å². The van der Waals surface area contributed by atoms with Crippen LogP contribution >= 0.6 is 0 Å². The van der Waals surface area contributed by atoms with Gasteiger partial charge in [0.2, 0.25) is 0 Å². The lowest BCUT2D eigenvalue weighted by molar-refractivity contribution is -0.138. The van der Waals surface area contributed by atoms with Gasteiger partial charge in [-0.15, -0.1) is 0 Å². The molecule has 5 rings (SSSR count). The molecule has 182 valence electrons. The van der Waals surface area contributed by atoms with E-state index >= 15 is 0 Å². The van der Waals surface area contributed by atoms with E-state index in [1.807, 2.05) is 0 Å². The first-order valence-electron chi connectivity index (χ1n) is 10.6. The average Bonchev–Trinajstić information content (AvgIpc) is 2.83. The normalized spacial score (nSPS) is 14.9. The first kappa shape index (κ1) is 23.5. The number of allylic oxidation sites excluding steroid dienone is 1. The van der Waals surface area contributed by atoms with Gasteiger partial charge in [-0.05, 0) is 60.7 Å². The minimum atomic E-state index is -4.59. The number of rotatable bonds is 2. The molecule has 0 spiro atoms. The molecule has 0 amide bonds. The van der Waals surface area contributed by atoms with Gasteiger partial charge in [0.05, 0.1) is 28.0 Å². The van der Waals surface area contributed by atoms with E-state index in [-0.39, 0.29) is 12.1 Å². The maximum absolute atomic E-state index is 13.3. The van der Waals surface area contributed by atoms with Crippen LogP contribution in [0.4, 0.5) is 32.0 Å². The molecule has 2 aromatic heterocycles. The van der Waals surface area contributed by atoms with Crippen LogP contribution in [0.5, 0.6) is 0 Å². The van der Waals surface area contributed by atoms with Crippen molar-refractivity contribution in [3.63, 3.8) is 0 Å². The van der Waals surface area contributed by atoms with Crippen molar-refractivity contribution >= 4 is 28.4 Å². The quantitative estimate of drug-likeness (QED) is 0.286. The molecule has 0 unspecified atom stereocenters. The summed E-state index contributed by atoms with van der Waals surface area (Å²) in [6, 6.07) is 11.6. The Morgan fingerprint density at radius 1 is 0.833 bits per heavy atom. The molecule has 1 aliphatic rings. The zero-order valence-electron chi connectivity index (χ0n) is 18.2. The molecule has 10 heteroatoms. The van der Waals surface area contributed by atoms with Crippen LogP contribution in [0.15, 0.2) is 82.7 Å². The van der Waals surface area contributed by atoms with Crippen molar-refractivity contribution in [3.8, 4) is 5.69 Å². The van der Waals surface area contributed by atoms with E-state index in [9.17, 15) is 31.1 Å². The Kier molecular flexibility index (Phi) is 5.54. The smallest absolute Gasteiger partial charge is 0.276 e. The molecule has 0 N–H and O–H groups in total. The van der Waals surface area contributed by atoms with Gasteiger partial charge in [0, 0.05) is 41.0 Å². The number of alkyl halides is 6. The number of fused-ring (bicyclic) bond motifs is 3. The number of hydrogen-bond donors (Lipinski definition) is 0. The van der Waals surface area contributed by atoms with Crippen LogP contribution in [0.25, 0.3) is 22.7 Å². The molecule has 0 saturated heterocycles. The van der Waals surface area contributed by atoms with Crippen molar-refractivity contribution in [2.45, 2.75) is 18.8 Å². The van der Waals surface area contributed by atoms with Crippen molar-refractivity contribution in [2.24, 2.45) is 4.99 Å². The Labute approximate surface area is 199 Å². The van der Waals surface area contributed by atoms with Crippen LogP contribution in [-0.4, -0.2) is 15.3 Å². The molecule has 2 heterocycles. The summed E-state index contributed by atoms with van der Waals surface area (Å²) in [5.41, 5.74) is 0.0912. The standard InChI is InChI=1S/C26H15F6N3O/c27-25(28,29)16-5-7-18(8-6-16)34-19-9-10-22-21(13-19)24-15(14-33-22)4-11-23(36)35(24)20-3-1-2-17(12-20)26(30,31)32/h1-12,14H,13H2. The number of halogens is 6. The lowest BCUT2D eigenvalue weighted by atomic mass is 9.97. The van der Waals surface area contributed by atoms with Crippen molar-refractivity contribution in [2.75, 3.05) is 0 Å². The molecule has 0 atom stereocenters. The fourth-order valence-electron chi connectivity index (χ4n) is 4.08. The summed E-state index contributed by atoms with van der Waals surface area (Å²) in [4.78, 5) is 21.7. The minimum Gasteiger partial charge on any atom is -0.276 e. The van der Waals surface area contributed by atoms with Crippen molar-refractivity contribution in [1.82, 2.24) is 9.55 Å². The highest BCUT2D eigenvalue weighted by Gasteiger charge is 2.31. The lowest BCUT2D eigenvalue weighted by Gasteiger charge is -2.19. The van der Waals surface area contributed by atoms with Crippen LogP contribution in [0.3, 0.4) is 0 Å². The number of benzene rings is 2. The minimum absolute atomic E-state index is 0.0459. The van der Waals surface area contributed by atoms with Crippen LogP contribution in [0.2, 0.25) is 0 Å². The molecule has 0 aliphatic heterocycles. The number of nitrogens with zero attached hydrogens (tertiary/aromatic N) is 3. The second-order valence-corrected chi connectivity index (χ2v) is 8.14. The van der Waals surface area contributed by atoms with Gasteiger partial charge in [0.1, 0.15) is 0 Å². The summed E-state index contributed by atoms with van der Waals surface area (Å²) in [5, 5.41) is 0.537. The Bertz CT molecular complexity index is 1600. The molecule has 4 aromatic rings. The fourth-order valence-corrected chi connectivity index (χ4v) is 4.08. The second-order valence-electron chi connectivity index (χ2n) is 8.14. The zero-order chi connectivity index (χ0) is 25.7. The molecule has 0 fully saturated rings. The van der Waals surface area contributed by atoms with E-state index in [0.29, 0.717) is 33.6 Å². The predicted molar refractivity (Wildman–Crippen MR) is 124 cm³/mol. The van der Waals surface area contributed by atoms with Crippen LogP contribution in [0, 0.1) is 0 Å². The van der Waals surface area contributed by atoms with Gasteiger partial charge in [-0.3, -0.25) is 19.3 Å². The Hall–Kier alpha value is -4.21. The van der Waals surface area contributed by atoms with Gasteiger partial charge in [-0.2, -0.15) is 26.3 Å². The van der Waals surface area contributed by atoms with E-state index in [1.165, 1.54) is 41.1 Å². The molecular weight excluding hydrogens is 484 g/mol. The van der Waals surface area contributed by atoms with Gasteiger partial charge in [-0.25, -0.2) is 0 Å². The summed E-state index contributed by atoms with van der Waals surface area (Å²) in [6.45, 7) is 0. The van der Waals surface area contributed by atoms with Crippen molar-refractivity contribution in [1.29, 1.82) is 0 Å². The van der Waals surface area contributed by atoms with E-state index in [1.54, 1.807) is 18.2 Å². The second kappa shape index (κ2) is 8.47. The molecule has 0 saturated carbocycles. The largest absolute Gasteiger partial charge is 0.416 e. The maximum atomic E-state index is 13.3. The third-order valence-corrected chi connectivity index (χ3v) is 5.75. The maximum Gasteiger partial charge on any atom is 0.416 e. The highest BCUT2D eigenvalue weighted by molar-refractivity contribution is 6.06. The van der Waals surface area contributed by atoms with E-state index in [0.717, 1.165) is 24.3 Å². The van der Waals surface area contributed by atoms with Gasteiger partial charge >= 0.3 is 12.4 Å². The Balaban J connectivity index is 1.63. The SMILES string of the molecule is O=c1ccc2cnc3c(c2n1-c1cccc(C(F)(F)F)c1)CC(=Nc1ccc(C(F)(F)F)cc1)C=C3.